The van der Waals surface area contributed by atoms with Crippen molar-refractivity contribution in [2.24, 2.45) is 0 Å². The highest BCUT2D eigenvalue weighted by molar-refractivity contribution is 6.43. The van der Waals surface area contributed by atoms with Gasteiger partial charge in [-0.15, -0.1) is 18.3 Å². The molecule has 16 N–H and O–H groups in total. The van der Waals surface area contributed by atoms with Crippen LogP contribution in [0.4, 0.5) is 0 Å². The minimum atomic E-state index is -1.43. The van der Waals surface area contributed by atoms with Gasteiger partial charge in [-0.2, -0.15) is 0 Å². The second-order valence-corrected chi connectivity index (χ2v) is 5.67. The Morgan fingerprint density at radius 3 is 1.30 bits per heavy atom. The number of hydrogen-bond acceptors (Lipinski definition) is 6. The number of hydrogen-bond donors (Lipinski definition) is 4. The van der Waals surface area contributed by atoms with Crippen LogP contribution in [0.15, 0.2) is 12.3 Å². The van der Waals surface area contributed by atoms with Crippen LogP contribution >= 0.6 is 23.2 Å². The molecule has 0 spiro atoms. The van der Waals surface area contributed by atoms with E-state index >= 15 is 0 Å². The second kappa shape index (κ2) is 27.1. The standard InChI is InChI=1S/C6H3Cl2NO2.3C3H7O.4H3N/c7-3-1-2-9-5(4(3)8)6(10)11;3*1-3(2)4;;;;/h1-2H,(H,10,11);3*3H,1-2H3;4*1H3/q;3*-1;;;;/p+3. The van der Waals surface area contributed by atoms with Crippen LogP contribution in [0.3, 0.4) is 0 Å². The number of nitrogens with zero attached hydrogens (tertiary/aromatic N) is 1. The number of quaternary nitrogens is 4. The maximum Gasteiger partial charge on any atom is 0.106 e. The maximum atomic E-state index is 10.3. The molecule has 0 fully saturated rings. The molecule has 168 valence electrons. The lowest BCUT2D eigenvalue weighted by Crippen LogP contribution is -2.23. The lowest BCUT2D eigenvalue weighted by atomic mass is 10.3. The van der Waals surface area contributed by atoms with Gasteiger partial charge in [0.1, 0.15) is 5.69 Å². The molecule has 0 amide bonds. The molecular formula is C15H39Cl2N5O5. The average molecular weight is 440 g/mol. The second-order valence-electron chi connectivity index (χ2n) is 4.89. The monoisotopic (exact) mass is 439 g/mol. The fourth-order valence-corrected chi connectivity index (χ4v) is 0.897. The lowest BCUT2D eigenvalue weighted by molar-refractivity contribution is -0.408. The summed E-state index contributed by atoms with van der Waals surface area (Å²) in [7, 11) is 0. The highest BCUT2D eigenvalue weighted by Gasteiger charge is 2.05. The van der Waals surface area contributed by atoms with Crippen LogP contribution in [0.1, 0.15) is 52.0 Å². The van der Waals surface area contributed by atoms with Crippen LogP contribution in [-0.2, 0) is 0 Å². The van der Waals surface area contributed by atoms with Crippen LogP contribution in [-0.4, -0.2) is 29.3 Å². The summed E-state index contributed by atoms with van der Waals surface area (Å²) in [4.78, 5) is 13.7. The number of aromatic carboxylic acids is 1. The SMILES string of the molecule is CC(C)[O-].CC(C)[O-].CC(C)[O-].O=C([O-])c1nccc(Cl)c1Cl.[NH4+].[NH4+].[NH4+].[NH4+]. The molecule has 0 unspecified atom stereocenters. The summed E-state index contributed by atoms with van der Waals surface area (Å²) >= 11 is 11.0. The van der Waals surface area contributed by atoms with Gasteiger partial charge in [-0.1, -0.05) is 64.7 Å². The molecule has 1 aromatic rings. The molecule has 0 bridgehead atoms. The lowest BCUT2D eigenvalue weighted by Gasteiger charge is -2.03. The van der Waals surface area contributed by atoms with Crippen LogP contribution < -0.4 is 45.0 Å². The summed E-state index contributed by atoms with van der Waals surface area (Å²) in [6, 6.07) is 1.40. The predicted molar refractivity (Wildman–Crippen MR) is 108 cm³/mol. The summed E-state index contributed by atoms with van der Waals surface area (Å²) < 4.78 is 0. The van der Waals surface area contributed by atoms with E-state index in [2.05, 4.69) is 4.98 Å². The summed E-state index contributed by atoms with van der Waals surface area (Å²) in [5.41, 5.74) is -0.334. The van der Waals surface area contributed by atoms with Gasteiger partial charge in [0.2, 0.25) is 0 Å². The first-order chi connectivity index (χ1) is 10.3. The fraction of sp³-hybridized carbons (Fsp3) is 0.600. The van der Waals surface area contributed by atoms with Crippen molar-refractivity contribution in [3.8, 4) is 0 Å². The van der Waals surface area contributed by atoms with Gasteiger partial charge in [0.25, 0.3) is 0 Å². The molecule has 27 heavy (non-hydrogen) atoms. The molecule has 0 saturated carbocycles. The van der Waals surface area contributed by atoms with Gasteiger partial charge >= 0.3 is 0 Å². The van der Waals surface area contributed by atoms with Gasteiger partial charge in [-0.3, -0.25) is 4.98 Å². The van der Waals surface area contributed by atoms with E-state index in [1.54, 1.807) is 41.5 Å². The zero-order chi connectivity index (χ0) is 19.2. The van der Waals surface area contributed by atoms with Crippen molar-refractivity contribution in [1.82, 2.24) is 29.6 Å². The van der Waals surface area contributed by atoms with Crippen molar-refractivity contribution in [1.29, 1.82) is 0 Å². The van der Waals surface area contributed by atoms with Gasteiger partial charge in [0, 0.05) is 6.20 Å². The summed E-state index contributed by atoms with van der Waals surface area (Å²) in [5.74, 6) is -1.43. The molecule has 0 radical (unpaired) electrons. The Morgan fingerprint density at radius 2 is 1.11 bits per heavy atom. The van der Waals surface area contributed by atoms with E-state index in [-0.39, 0.29) is 40.3 Å². The largest absolute Gasteiger partial charge is 0.852 e. The predicted octanol–water partition coefficient (Wildman–Crippen LogP) is 1.52. The van der Waals surface area contributed by atoms with E-state index < -0.39 is 24.3 Å². The number of carbonyl (C=O) groups is 1. The zero-order valence-electron chi connectivity index (χ0n) is 18.1. The molecule has 0 aliphatic heterocycles. The molecule has 0 atom stereocenters. The van der Waals surface area contributed by atoms with Gasteiger partial charge in [-0.25, -0.2) is 0 Å². The Hall–Kier alpha value is -1.08. The van der Waals surface area contributed by atoms with Crippen molar-refractivity contribution >= 4 is 29.2 Å². The molecule has 1 rings (SSSR count). The van der Waals surface area contributed by atoms with Gasteiger partial charge in [0.05, 0.1) is 16.0 Å². The third-order valence-electron chi connectivity index (χ3n) is 1.04. The molecule has 10 nitrogen and oxygen atoms in total. The number of aromatic nitrogens is 1. The average Bonchev–Trinajstić information content (AvgIpc) is 2.30. The van der Waals surface area contributed by atoms with Crippen molar-refractivity contribution < 1.29 is 25.2 Å². The molecule has 0 aliphatic rings. The summed E-state index contributed by atoms with van der Waals surface area (Å²) in [6.45, 7) is 9.67. The Kier molecular flexibility index (Phi) is 45.2. The molecule has 0 aliphatic carbocycles. The van der Waals surface area contributed by atoms with E-state index in [9.17, 15) is 25.2 Å². The number of pyridine rings is 1. The van der Waals surface area contributed by atoms with E-state index in [1.165, 1.54) is 12.3 Å². The zero-order valence-corrected chi connectivity index (χ0v) is 19.6. The molecule has 0 saturated heterocycles. The van der Waals surface area contributed by atoms with Crippen molar-refractivity contribution in [3.63, 3.8) is 0 Å². The minimum Gasteiger partial charge on any atom is -0.852 e. The smallest absolute Gasteiger partial charge is 0.106 e. The van der Waals surface area contributed by atoms with Gasteiger partial charge in [-0.05, 0) is 6.07 Å². The third-order valence-corrected chi connectivity index (χ3v) is 1.83. The number of carbonyl (C=O) groups excluding carboxylic acids is 1. The van der Waals surface area contributed by atoms with Crippen LogP contribution in [0, 0.1) is 0 Å². The Morgan fingerprint density at radius 1 is 0.852 bits per heavy atom. The quantitative estimate of drug-likeness (QED) is 0.502. The Labute approximate surface area is 172 Å². The van der Waals surface area contributed by atoms with E-state index in [1.807, 2.05) is 0 Å². The van der Waals surface area contributed by atoms with Crippen LogP contribution in [0.25, 0.3) is 0 Å². The van der Waals surface area contributed by atoms with E-state index in [4.69, 9.17) is 23.2 Å². The van der Waals surface area contributed by atoms with E-state index in [0.29, 0.717) is 0 Å². The van der Waals surface area contributed by atoms with Crippen molar-refractivity contribution in [2.75, 3.05) is 0 Å². The van der Waals surface area contributed by atoms with Crippen molar-refractivity contribution in [2.45, 2.75) is 59.9 Å². The number of carboxylic acids is 1. The maximum absolute atomic E-state index is 10.3. The molecule has 1 heterocycles. The fourth-order valence-electron chi connectivity index (χ4n) is 0.563. The third kappa shape index (κ3) is 45.7. The van der Waals surface area contributed by atoms with Crippen molar-refractivity contribution in [3.05, 3.63) is 28.0 Å². The number of halogens is 2. The highest BCUT2D eigenvalue weighted by Crippen LogP contribution is 2.22. The van der Waals surface area contributed by atoms with Gasteiger partial charge < -0.3 is 49.8 Å². The highest BCUT2D eigenvalue weighted by atomic mass is 35.5. The Bertz CT molecular complexity index is 417. The minimum absolute atomic E-state index is 0. The molecule has 1 aromatic heterocycles. The number of carboxylic acid groups (broad SMARTS) is 1. The first kappa shape index (κ1) is 45.0. The van der Waals surface area contributed by atoms with Gasteiger partial charge in [0.15, 0.2) is 0 Å². The molecule has 12 heteroatoms. The van der Waals surface area contributed by atoms with E-state index in [0.717, 1.165) is 0 Å². The normalized spacial score (nSPS) is 7.93. The topological polar surface area (TPSA) is 268 Å². The first-order valence-corrected chi connectivity index (χ1v) is 7.57. The van der Waals surface area contributed by atoms with Crippen LogP contribution in [0.5, 0.6) is 0 Å². The summed E-state index contributed by atoms with van der Waals surface area (Å²) in [5, 5.41) is 38.9. The summed E-state index contributed by atoms with van der Waals surface area (Å²) in [6.07, 6.45) is -0.000648. The first-order valence-electron chi connectivity index (χ1n) is 6.81. The Balaban J connectivity index is -0.0000000432. The molecule has 0 aromatic carbocycles. The van der Waals surface area contributed by atoms with Crippen LogP contribution in [0.2, 0.25) is 10.0 Å². The molecular weight excluding hydrogens is 401 g/mol. The number of rotatable bonds is 1.